The SMILES string of the molecule is Fc1ccc(-c2noc(C3CCCN3)n2)c(Br)c1F. The van der Waals surface area contributed by atoms with Gasteiger partial charge in [-0.05, 0) is 47.4 Å². The minimum atomic E-state index is -0.956. The molecule has 1 unspecified atom stereocenters. The van der Waals surface area contributed by atoms with E-state index < -0.39 is 11.6 Å². The summed E-state index contributed by atoms with van der Waals surface area (Å²) in [6.07, 6.45) is 1.98. The zero-order valence-electron chi connectivity index (χ0n) is 9.79. The maximum absolute atomic E-state index is 13.5. The van der Waals surface area contributed by atoms with Crippen molar-refractivity contribution >= 4 is 15.9 Å². The first-order chi connectivity index (χ1) is 9.16. The quantitative estimate of drug-likeness (QED) is 0.859. The molecule has 1 aromatic heterocycles. The lowest BCUT2D eigenvalue weighted by Crippen LogP contribution is -2.12. The van der Waals surface area contributed by atoms with Gasteiger partial charge >= 0.3 is 0 Å². The second kappa shape index (κ2) is 4.97. The average molecular weight is 330 g/mol. The van der Waals surface area contributed by atoms with E-state index in [0.717, 1.165) is 25.5 Å². The van der Waals surface area contributed by atoms with E-state index >= 15 is 0 Å². The average Bonchev–Trinajstić information content (AvgIpc) is 3.06. The summed E-state index contributed by atoms with van der Waals surface area (Å²) in [5.41, 5.74) is 0.367. The Morgan fingerprint density at radius 3 is 2.95 bits per heavy atom. The summed E-state index contributed by atoms with van der Waals surface area (Å²) in [5.74, 6) is -1.15. The second-order valence-electron chi connectivity index (χ2n) is 4.33. The second-order valence-corrected chi connectivity index (χ2v) is 5.12. The minimum Gasteiger partial charge on any atom is -0.337 e. The van der Waals surface area contributed by atoms with Crippen LogP contribution in [0.3, 0.4) is 0 Å². The van der Waals surface area contributed by atoms with Crippen molar-refractivity contribution in [2.45, 2.75) is 18.9 Å². The Labute approximate surface area is 116 Å². The number of nitrogens with one attached hydrogen (secondary N) is 1. The lowest BCUT2D eigenvalue weighted by Gasteiger charge is -2.02. The predicted octanol–water partition coefficient (Wildman–Crippen LogP) is 3.20. The molecule has 7 heteroatoms. The molecule has 0 aliphatic carbocycles. The molecule has 0 amide bonds. The molecule has 19 heavy (non-hydrogen) atoms. The normalized spacial score (nSPS) is 19.0. The summed E-state index contributed by atoms with van der Waals surface area (Å²) < 4.78 is 31.7. The summed E-state index contributed by atoms with van der Waals surface area (Å²) in [5, 5.41) is 7.05. The molecule has 1 N–H and O–H groups in total. The van der Waals surface area contributed by atoms with Gasteiger partial charge in [-0.2, -0.15) is 4.98 Å². The number of hydrogen-bond acceptors (Lipinski definition) is 4. The Kier molecular flexibility index (Phi) is 3.32. The molecular formula is C12H10BrF2N3O. The molecule has 1 atom stereocenters. The molecule has 0 spiro atoms. The van der Waals surface area contributed by atoms with Crippen LogP contribution in [0.25, 0.3) is 11.4 Å². The topological polar surface area (TPSA) is 51.0 Å². The largest absolute Gasteiger partial charge is 0.337 e. The third-order valence-corrected chi connectivity index (χ3v) is 3.85. The van der Waals surface area contributed by atoms with E-state index in [9.17, 15) is 8.78 Å². The highest BCUT2D eigenvalue weighted by Gasteiger charge is 2.24. The van der Waals surface area contributed by atoms with Crippen LogP contribution < -0.4 is 5.32 Å². The van der Waals surface area contributed by atoms with E-state index in [-0.39, 0.29) is 16.3 Å². The standard InChI is InChI=1S/C12H10BrF2N3O/c13-9-6(3-4-7(14)10(9)15)11-17-12(19-18-11)8-2-1-5-16-8/h3-4,8,16H,1-2,5H2. The van der Waals surface area contributed by atoms with Crippen molar-refractivity contribution in [3.63, 3.8) is 0 Å². The molecule has 1 saturated heterocycles. The van der Waals surface area contributed by atoms with Crippen LogP contribution in [-0.4, -0.2) is 16.7 Å². The zero-order chi connectivity index (χ0) is 13.4. The van der Waals surface area contributed by atoms with E-state index in [0.29, 0.717) is 11.5 Å². The lowest BCUT2D eigenvalue weighted by atomic mass is 10.2. The molecule has 0 saturated carbocycles. The van der Waals surface area contributed by atoms with Crippen LogP contribution in [0.2, 0.25) is 0 Å². The van der Waals surface area contributed by atoms with Gasteiger partial charge in [-0.1, -0.05) is 5.16 Å². The Morgan fingerprint density at radius 2 is 2.21 bits per heavy atom. The van der Waals surface area contributed by atoms with Gasteiger partial charge < -0.3 is 9.84 Å². The smallest absolute Gasteiger partial charge is 0.244 e. The van der Waals surface area contributed by atoms with E-state index in [2.05, 4.69) is 31.4 Å². The fourth-order valence-electron chi connectivity index (χ4n) is 2.08. The molecular weight excluding hydrogens is 320 g/mol. The van der Waals surface area contributed by atoms with Crippen molar-refractivity contribution in [2.24, 2.45) is 0 Å². The fraction of sp³-hybridized carbons (Fsp3) is 0.333. The molecule has 2 heterocycles. The molecule has 1 aliphatic rings. The Bertz CT molecular complexity index is 611. The third kappa shape index (κ3) is 2.28. The van der Waals surface area contributed by atoms with Crippen LogP contribution in [0.5, 0.6) is 0 Å². The Hall–Kier alpha value is -1.34. The molecule has 1 aromatic carbocycles. The van der Waals surface area contributed by atoms with Gasteiger partial charge in [0, 0.05) is 5.56 Å². The monoisotopic (exact) mass is 329 g/mol. The van der Waals surface area contributed by atoms with Gasteiger partial charge in [0.25, 0.3) is 0 Å². The van der Waals surface area contributed by atoms with Crippen LogP contribution >= 0.6 is 15.9 Å². The van der Waals surface area contributed by atoms with Crippen LogP contribution in [0.4, 0.5) is 8.78 Å². The van der Waals surface area contributed by atoms with Gasteiger partial charge in [0.2, 0.25) is 11.7 Å². The number of rotatable bonds is 2. The van der Waals surface area contributed by atoms with Crippen molar-refractivity contribution in [3.05, 3.63) is 34.1 Å². The molecule has 0 bridgehead atoms. The van der Waals surface area contributed by atoms with E-state index in [1.165, 1.54) is 6.07 Å². The van der Waals surface area contributed by atoms with Gasteiger partial charge in [-0.15, -0.1) is 0 Å². The van der Waals surface area contributed by atoms with Crippen molar-refractivity contribution < 1.29 is 13.3 Å². The van der Waals surface area contributed by atoms with Crippen LogP contribution in [0, 0.1) is 11.6 Å². The molecule has 4 nitrogen and oxygen atoms in total. The van der Waals surface area contributed by atoms with Gasteiger partial charge in [0.15, 0.2) is 11.6 Å². The predicted molar refractivity (Wildman–Crippen MR) is 67.3 cm³/mol. The number of aromatic nitrogens is 2. The summed E-state index contributed by atoms with van der Waals surface area (Å²) in [6, 6.07) is 2.50. The van der Waals surface area contributed by atoms with E-state index in [1.54, 1.807) is 0 Å². The highest BCUT2D eigenvalue weighted by Crippen LogP contribution is 2.31. The van der Waals surface area contributed by atoms with Crippen LogP contribution in [0.15, 0.2) is 21.1 Å². The highest BCUT2D eigenvalue weighted by molar-refractivity contribution is 9.10. The summed E-state index contributed by atoms with van der Waals surface area (Å²) in [7, 11) is 0. The van der Waals surface area contributed by atoms with Gasteiger partial charge in [0.05, 0.1) is 10.5 Å². The number of benzene rings is 1. The first-order valence-corrected chi connectivity index (χ1v) is 6.67. The molecule has 100 valence electrons. The number of hydrogen-bond donors (Lipinski definition) is 1. The molecule has 1 fully saturated rings. The first-order valence-electron chi connectivity index (χ1n) is 5.87. The van der Waals surface area contributed by atoms with E-state index in [4.69, 9.17) is 4.52 Å². The van der Waals surface area contributed by atoms with Crippen LogP contribution in [-0.2, 0) is 0 Å². The van der Waals surface area contributed by atoms with Crippen LogP contribution in [0.1, 0.15) is 24.8 Å². The summed E-state index contributed by atoms with van der Waals surface area (Å²) >= 11 is 3.01. The first kappa shape index (κ1) is 12.7. The maximum Gasteiger partial charge on any atom is 0.244 e. The van der Waals surface area contributed by atoms with Gasteiger partial charge in [0.1, 0.15) is 0 Å². The molecule has 0 radical (unpaired) electrons. The highest BCUT2D eigenvalue weighted by atomic mass is 79.9. The Balaban J connectivity index is 1.96. The summed E-state index contributed by atoms with van der Waals surface area (Å²) in [6.45, 7) is 0.914. The Morgan fingerprint density at radius 1 is 1.37 bits per heavy atom. The van der Waals surface area contributed by atoms with Crippen molar-refractivity contribution in [1.82, 2.24) is 15.5 Å². The van der Waals surface area contributed by atoms with E-state index in [1.807, 2.05) is 0 Å². The molecule has 1 aliphatic heterocycles. The van der Waals surface area contributed by atoms with Crippen molar-refractivity contribution in [2.75, 3.05) is 6.54 Å². The lowest BCUT2D eigenvalue weighted by molar-refractivity contribution is 0.345. The number of halogens is 3. The van der Waals surface area contributed by atoms with Crippen molar-refractivity contribution in [3.8, 4) is 11.4 Å². The minimum absolute atomic E-state index is 0.000712. The fourth-order valence-corrected chi connectivity index (χ4v) is 2.58. The van der Waals surface area contributed by atoms with Crippen molar-refractivity contribution in [1.29, 1.82) is 0 Å². The van der Waals surface area contributed by atoms with Gasteiger partial charge in [-0.25, -0.2) is 8.78 Å². The summed E-state index contributed by atoms with van der Waals surface area (Å²) in [4.78, 5) is 4.23. The number of nitrogens with zero attached hydrogens (tertiary/aromatic N) is 2. The van der Waals surface area contributed by atoms with Gasteiger partial charge in [-0.3, -0.25) is 0 Å². The maximum atomic E-state index is 13.5. The zero-order valence-corrected chi connectivity index (χ0v) is 11.4. The molecule has 3 rings (SSSR count). The third-order valence-electron chi connectivity index (χ3n) is 3.08. The molecule has 2 aromatic rings.